The molecular formula is C20H18N2O. The highest BCUT2D eigenvalue weighted by Gasteiger charge is 2.31. The zero-order chi connectivity index (χ0) is 16.7. The van der Waals surface area contributed by atoms with Gasteiger partial charge in [0.25, 0.3) is 0 Å². The second kappa shape index (κ2) is 7.29. The maximum Gasteiger partial charge on any atom is 0.151 e. The molecule has 3 nitrogen and oxygen atoms in total. The highest BCUT2D eigenvalue weighted by atomic mass is 16.5. The van der Waals surface area contributed by atoms with E-state index in [4.69, 9.17) is 4.74 Å². The fraction of sp³-hybridized carbons (Fsp3) is 0.200. The summed E-state index contributed by atoms with van der Waals surface area (Å²) in [5.74, 6) is 0.728. The van der Waals surface area contributed by atoms with Gasteiger partial charge in [0.15, 0.2) is 5.41 Å². The van der Waals surface area contributed by atoms with Gasteiger partial charge in [-0.2, -0.15) is 10.5 Å². The second-order valence-electron chi connectivity index (χ2n) is 5.48. The van der Waals surface area contributed by atoms with E-state index in [9.17, 15) is 10.5 Å². The van der Waals surface area contributed by atoms with E-state index in [1.165, 1.54) is 0 Å². The Balaban J connectivity index is 2.23. The summed E-state index contributed by atoms with van der Waals surface area (Å²) in [7, 11) is 1.60. The first-order valence-electron chi connectivity index (χ1n) is 7.31. The van der Waals surface area contributed by atoms with Crippen LogP contribution in [0.5, 0.6) is 5.75 Å². The Labute approximate surface area is 137 Å². The molecule has 2 aromatic rings. The van der Waals surface area contributed by atoms with E-state index in [0.717, 1.165) is 22.4 Å². The van der Waals surface area contributed by atoms with Gasteiger partial charge >= 0.3 is 0 Å². The lowest BCUT2D eigenvalue weighted by molar-refractivity contribution is 0.414. The zero-order valence-electron chi connectivity index (χ0n) is 13.1. The first kappa shape index (κ1) is 16.3. The van der Waals surface area contributed by atoms with Crippen LogP contribution in [-0.2, 0) is 6.42 Å². The van der Waals surface area contributed by atoms with E-state index in [1.807, 2.05) is 54.6 Å². The predicted molar refractivity (Wildman–Crippen MR) is 90.5 cm³/mol. The number of ether oxygens (including phenoxy) is 1. The van der Waals surface area contributed by atoms with Crippen molar-refractivity contribution < 1.29 is 4.74 Å². The highest BCUT2D eigenvalue weighted by molar-refractivity contribution is 5.66. The van der Waals surface area contributed by atoms with Crippen molar-refractivity contribution in [3.8, 4) is 17.9 Å². The van der Waals surface area contributed by atoms with Crippen LogP contribution in [-0.4, -0.2) is 7.11 Å². The summed E-state index contributed by atoms with van der Waals surface area (Å²) >= 11 is 0. The lowest BCUT2D eigenvalue weighted by atomic mass is 9.78. The minimum Gasteiger partial charge on any atom is -0.497 e. The van der Waals surface area contributed by atoms with Crippen molar-refractivity contribution in [3.63, 3.8) is 0 Å². The van der Waals surface area contributed by atoms with Gasteiger partial charge in [0.1, 0.15) is 5.75 Å². The summed E-state index contributed by atoms with van der Waals surface area (Å²) in [6.45, 7) is 4.06. The van der Waals surface area contributed by atoms with Gasteiger partial charge in [0.2, 0.25) is 0 Å². The van der Waals surface area contributed by atoms with Crippen molar-refractivity contribution >= 4 is 5.57 Å². The maximum absolute atomic E-state index is 9.60. The van der Waals surface area contributed by atoms with Crippen molar-refractivity contribution in [2.24, 2.45) is 5.41 Å². The SMILES string of the molecule is C=C(CC(C#N)(C#N)Cc1ccccc1)c1cccc(OC)c1. The molecule has 0 atom stereocenters. The molecule has 0 radical (unpaired) electrons. The van der Waals surface area contributed by atoms with Crippen LogP contribution in [0.15, 0.2) is 61.2 Å². The first-order valence-corrected chi connectivity index (χ1v) is 7.31. The van der Waals surface area contributed by atoms with Gasteiger partial charge in [-0.1, -0.05) is 49.0 Å². The Morgan fingerprint density at radius 1 is 1.09 bits per heavy atom. The molecule has 2 aromatic carbocycles. The van der Waals surface area contributed by atoms with Crippen LogP contribution in [0.2, 0.25) is 0 Å². The standard InChI is InChI=1S/C20H18N2O/c1-16(18-9-6-10-19(11-18)23-2)12-20(14-21,15-22)13-17-7-4-3-5-8-17/h3-11H,1,12-13H2,2H3. The molecule has 0 unspecified atom stereocenters. The van der Waals surface area contributed by atoms with Crippen molar-refractivity contribution in [2.45, 2.75) is 12.8 Å². The van der Waals surface area contributed by atoms with Crippen LogP contribution in [0.25, 0.3) is 5.57 Å². The summed E-state index contributed by atoms with van der Waals surface area (Å²) in [6.07, 6.45) is 0.673. The molecule has 114 valence electrons. The number of methoxy groups -OCH3 is 1. The Morgan fingerprint density at radius 2 is 1.78 bits per heavy atom. The molecule has 0 fully saturated rings. The van der Waals surface area contributed by atoms with Crippen LogP contribution in [0, 0.1) is 28.1 Å². The van der Waals surface area contributed by atoms with Gasteiger partial charge < -0.3 is 4.74 Å². The molecule has 0 aliphatic heterocycles. The average Bonchev–Trinajstić information content (AvgIpc) is 2.62. The topological polar surface area (TPSA) is 56.8 Å². The van der Waals surface area contributed by atoms with Gasteiger partial charge in [-0.3, -0.25) is 0 Å². The third-order valence-corrected chi connectivity index (χ3v) is 3.77. The Hall–Kier alpha value is -3.04. The molecular weight excluding hydrogens is 284 g/mol. The molecule has 0 aliphatic carbocycles. The zero-order valence-corrected chi connectivity index (χ0v) is 13.1. The molecule has 0 saturated heterocycles. The molecule has 0 N–H and O–H groups in total. The smallest absolute Gasteiger partial charge is 0.151 e. The van der Waals surface area contributed by atoms with E-state index in [-0.39, 0.29) is 0 Å². The molecule has 0 heterocycles. The Morgan fingerprint density at radius 3 is 2.39 bits per heavy atom. The molecule has 0 aliphatic rings. The number of hydrogen-bond donors (Lipinski definition) is 0. The van der Waals surface area contributed by atoms with Crippen LogP contribution < -0.4 is 4.74 Å². The quantitative estimate of drug-likeness (QED) is 0.796. The lowest BCUT2D eigenvalue weighted by Gasteiger charge is -2.20. The van der Waals surface area contributed by atoms with E-state index in [2.05, 4.69) is 18.7 Å². The number of hydrogen-bond acceptors (Lipinski definition) is 3. The van der Waals surface area contributed by atoms with Crippen LogP contribution in [0.4, 0.5) is 0 Å². The third kappa shape index (κ3) is 3.99. The monoisotopic (exact) mass is 302 g/mol. The van der Waals surface area contributed by atoms with Crippen molar-refractivity contribution in [3.05, 3.63) is 72.3 Å². The largest absolute Gasteiger partial charge is 0.497 e. The lowest BCUT2D eigenvalue weighted by Crippen LogP contribution is -2.20. The first-order chi connectivity index (χ1) is 11.1. The number of nitrogens with zero attached hydrogens (tertiary/aromatic N) is 2. The predicted octanol–water partition coefficient (Wildman–Crippen LogP) is 4.37. The molecule has 0 aromatic heterocycles. The summed E-state index contributed by atoms with van der Waals surface area (Å²) in [6, 6.07) is 21.5. The number of rotatable bonds is 6. The average molecular weight is 302 g/mol. The number of allylic oxidation sites excluding steroid dienone is 1. The third-order valence-electron chi connectivity index (χ3n) is 3.77. The van der Waals surface area contributed by atoms with E-state index < -0.39 is 5.41 Å². The van der Waals surface area contributed by atoms with E-state index in [1.54, 1.807) is 7.11 Å². The molecule has 0 spiro atoms. The van der Waals surface area contributed by atoms with E-state index in [0.29, 0.717) is 12.8 Å². The maximum atomic E-state index is 9.60. The van der Waals surface area contributed by atoms with Crippen molar-refractivity contribution in [1.29, 1.82) is 10.5 Å². The molecule has 2 rings (SSSR count). The van der Waals surface area contributed by atoms with Crippen molar-refractivity contribution in [2.75, 3.05) is 7.11 Å². The molecule has 0 amide bonds. The number of nitriles is 2. The summed E-state index contributed by atoms with van der Waals surface area (Å²) in [4.78, 5) is 0. The Bertz CT molecular complexity index is 752. The number of benzene rings is 2. The van der Waals surface area contributed by atoms with Crippen molar-refractivity contribution in [1.82, 2.24) is 0 Å². The molecule has 3 heteroatoms. The molecule has 0 bridgehead atoms. The van der Waals surface area contributed by atoms with Gasteiger partial charge in [0.05, 0.1) is 19.2 Å². The summed E-state index contributed by atoms with van der Waals surface area (Å²) in [5, 5.41) is 19.2. The van der Waals surface area contributed by atoms with E-state index >= 15 is 0 Å². The summed E-state index contributed by atoms with van der Waals surface area (Å²) in [5.41, 5.74) is 1.48. The second-order valence-corrected chi connectivity index (χ2v) is 5.48. The minimum absolute atomic E-state index is 0.294. The fourth-order valence-corrected chi connectivity index (χ4v) is 2.50. The van der Waals surface area contributed by atoms with Crippen LogP contribution >= 0.6 is 0 Å². The highest BCUT2D eigenvalue weighted by Crippen LogP contribution is 2.33. The van der Waals surface area contributed by atoms with Gasteiger partial charge in [-0.25, -0.2) is 0 Å². The Kier molecular flexibility index (Phi) is 5.18. The molecule has 23 heavy (non-hydrogen) atoms. The van der Waals surface area contributed by atoms with Crippen LogP contribution in [0.1, 0.15) is 17.5 Å². The van der Waals surface area contributed by atoms with Gasteiger partial charge in [-0.15, -0.1) is 0 Å². The normalized spacial score (nSPS) is 10.4. The van der Waals surface area contributed by atoms with Gasteiger partial charge in [0, 0.05) is 12.8 Å². The summed E-state index contributed by atoms with van der Waals surface area (Å²) < 4.78 is 5.21. The van der Waals surface area contributed by atoms with Gasteiger partial charge in [-0.05, 0) is 28.8 Å². The van der Waals surface area contributed by atoms with Crippen LogP contribution in [0.3, 0.4) is 0 Å². The molecule has 0 saturated carbocycles. The fourth-order valence-electron chi connectivity index (χ4n) is 2.50. The minimum atomic E-state index is -1.12.